The molecular weight excluding hydrogens is 1400 g/mol. The Balaban J connectivity index is 0.842. The fraction of sp³-hybridized carbons (Fsp3) is 0.258. The maximum Gasteiger partial charge on any atom is 0.338 e. The van der Waals surface area contributed by atoms with Gasteiger partial charge in [0.2, 0.25) is 0 Å². The molecule has 0 saturated carbocycles. The molecule has 10 rings (SSSR count). The van der Waals surface area contributed by atoms with Crippen molar-refractivity contribution in [3.05, 3.63) is 320 Å². The highest BCUT2D eigenvalue weighted by molar-refractivity contribution is 5.90. The Kier molecular flexibility index (Phi) is 31.2. The van der Waals surface area contributed by atoms with E-state index in [9.17, 15) is 14.4 Å². The standard InChI is InChI=1S/C93H93N3O15/c1-94(2)52-58-106-91(97)79-22-16-67(17-23-79)13-10-55-103-88(73-28-40-82(100-7)41-29-73)76-34-46-85(47-35-76)109-64-70-61-71(65-110-86-48-36-77(37-49-86)89(74-30-42-83(101-8)43-31-74)104-56-11-14-68-18-24-80(25-19-68)92(98)107-59-53-95(3)4)63-72(62-70)66-111-87-50-38-78(39-51-87)90(75-32-44-84(102-9)45-33-75)105-57-12-15-69-20-26-81(27-21-69)93(99)108-60-54-96(5)6/h16-51,61-63,88-90H,52-60,64-66H2,1-9H3. The van der Waals surface area contributed by atoms with Crippen molar-refractivity contribution in [1.82, 2.24) is 14.7 Å². The van der Waals surface area contributed by atoms with Crippen LogP contribution in [0.5, 0.6) is 34.5 Å². The molecule has 0 fully saturated rings. The van der Waals surface area contributed by atoms with E-state index in [1.165, 1.54) is 0 Å². The molecule has 0 aliphatic heterocycles. The van der Waals surface area contributed by atoms with Crippen LogP contribution in [0.25, 0.3) is 0 Å². The Bertz CT molecular complexity index is 4290. The third-order valence-corrected chi connectivity index (χ3v) is 17.5. The summed E-state index contributed by atoms with van der Waals surface area (Å²) < 4.78 is 71.9. The Hall–Kier alpha value is -12.2. The van der Waals surface area contributed by atoms with E-state index in [1.807, 2.05) is 203 Å². The van der Waals surface area contributed by atoms with Crippen LogP contribution < -0.4 is 28.4 Å². The lowest BCUT2D eigenvalue weighted by Gasteiger charge is -2.19. The molecule has 0 spiro atoms. The first-order valence-electron chi connectivity index (χ1n) is 36.3. The molecule has 0 bridgehead atoms. The number of ether oxygens (including phenoxy) is 12. The fourth-order valence-electron chi connectivity index (χ4n) is 11.4. The summed E-state index contributed by atoms with van der Waals surface area (Å²) >= 11 is 0. The van der Waals surface area contributed by atoms with Crippen LogP contribution in [0.15, 0.2) is 237 Å². The second-order valence-electron chi connectivity index (χ2n) is 26.6. The second kappa shape index (κ2) is 42.6. The van der Waals surface area contributed by atoms with Gasteiger partial charge in [0.05, 0.1) is 38.0 Å². The minimum Gasteiger partial charge on any atom is -0.497 e. The lowest BCUT2D eigenvalue weighted by Crippen LogP contribution is -2.20. The number of carbonyl (C=O) groups excluding carboxylic acids is 3. The minimum absolute atomic E-state index is 0.123. The van der Waals surface area contributed by atoms with Crippen LogP contribution in [0.2, 0.25) is 0 Å². The zero-order valence-electron chi connectivity index (χ0n) is 64.2. The van der Waals surface area contributed by atoms with E-state index in [2.05, 4.69) is 53.7 Å². The quantitative estimate of drug-likeness (QED) is 0.0206. The lowest BCUT2D eigenvalue weighted by atomic mass is 10.0. The largest absolute Gasteiger partial charge is 0.497 e. The molecule has 0 heterocycles. The minimum atomic E-state index is -0.474. The van der Waals surface area contributed by atoms with E-state index in [0.29, 0.717) is 73.4 Å². The van der Waals surface area contributed by atoms with Gasteiger partial charge in [-0.25, -0.2) is 14.4 Å². The van der Waals surface area contributed by atoms with Crippen LogP contribution in [-0.4, -0.2) is 155 Å². The van der Waals surface area contributed by atoms with Crippen molar-refractivity contribution in [2.75, 3.05) is 123 Å². The van der Waals surface area contributed by atoms with E-state index < -0.39 is 18.3 Å². The number of methoxy groups -OCH3 is 3. The van der Waals surface area contributed by atoms with Crippen molar-refractivity contribution >= 4 is 17.9 Å². The van der Waals surface area contributed by atoms with Crippen molar-refractivity contribution in [3.8, 4) is 70.0 Å². The molecule has 0 aliphatic rings. The molecule has 0 aromatic heterocycles. The topological polar surface area (TPSA) is 172 Å². The highest BCUT2D eigenvalue weighted by Crippen LogP contribution is 2.34. The first kappa shape index (κ1) is 81.4. The van der Waals surface area contributed by atoms with Gasteiger partial charge in [-0.15, -0.1) is 0 Å². The van der Waals surface area contributed by atoms with E-state index in [1.54, 1.807) is 94.1 Å². The van der Waals surface area contributed by atoms with Gasteiger partial charge in [0.25, 0.3) is 0 Å². The maximum absolute atomic E-state index is 12.6. The highest BCUT2D eigenvalue weighted by Gasteiger charge is 2.20. The molecule has 18 heteroatoms. The first-order valence-corrected chi connectivity index (χ1v) is 36.3. The number of hydrogen-bond acceptors (Lipinski definition) is 18. The first-order chi connectivity index (χ1) is 54.0. The molecule has 0 N–H and O–H groups in total. The highest BCUT2D eigenvalue weighted by atomic mass is 16.5. The predicted molar refractivity (Wildman–Crippen MR) is 428 cm³/mol. The van der Waals surface area contributed by atoms with Crippen molar-refractivity contribution in [2.45, 2.75) is 38.1 Å². The van der Waals surface area contributed by atoms with E-state index in [0.717, 1.165) is 84.0 Å². The fourth-order valence-corrected chi connectivity index (χ4v) is 11.4. The number of hydrogen-bond donors (Lipinski definition) is 0. The molecule has 0 amide bonds. The molecule has 0 saturated heterocycles. The Morgan fingerprint density at radius 3 is 0.721 bits per heavy atom. The smallest absolute Gasteiger partial charge is 0.338 e. The monoisotopic (exact) mass is 1490 g/mol. The SMILES string of the molecule is COc1ccc(C(OCC#Cc2ccc(C(=O)OCCN(C)C)cc2)c2ccc(OCc3cc(COc4ccc(C(OCC#Cc5ccc(C(=O)OCCN(C)C)cc5)c5ccc(OC)cc5)cc4)cc(COc4ccc(C(OCC#Cc5ccc(C(=O)OCCN(C)C)cc5)c5ccc(OC)cc5)cc4)c3)cc2)cc1. The van der Waals surface area contributed by atoms with Gasteiger partial charge in [-0.1, -0.05) is 108 Å². The average molecular weight is 1490 g/mol. The van der Waals surface area contributed by atoms with Crippen LogP contribution in [0.4, 0.5) is 0 Å². The summed E-state index contributed by atoms with van der Waals surface area (Å²) in [5.74, 6) is 21.9. The molecule has 570 valence electrons. The lowest BCUT2D eigenvalue weighted by molar-refractivity contribution is 0.0472. The average Bonchev–Trinajstić information content (AvgIpc) is 0.838. The molecular formula is C93H93N3O15. The summed E-state index contributed by atoms with van der Waals surface area (Å²) in [6.45, 7) is 3.86. The van der Waals surface area contributed by atoms with Gasteiger partial charge in [0.15, 0.2) is 0 Å². The summed E-state index contributed by atoms with van der Waals surface area (Å²) in [6, 6.07) is 74.1. The molecule has 0 aliphatic carbocycles. The third-order valence-electron chi connectivity index (χ3n) is 17.5. The van der Waals surface area contributed by atoms with Crippen molar-refractivity contribution in [1.29, 1.82) is 0 Å². The number of rotatable bonds is 36. The Labute approximate surface area is 651 Å². The second-order valence-corrected chi connectivity index (χ2v) is 26.6. The van der Waals surface area contributed by atoms with Gasteiger partial charge < -0.3 is 71.5 Å². The molecule has 0 radical (unpaired) electrons. The van der Waals surface area contributed by atoms with Gasteiger partial charge in [-0.05, 0) is 256 Å². The summed E-state index contributed by atoms with van der Waals surface area (Å²) in [6.07, 6.45) is -1.42. The molecule has 10 aromatic rings. The number of likely N-dealkylation sites (N-methyl/N-ethyl adjacent to an activating group) is 3. The summed E-state index contributed by atoms with van der Waals surface area (Å²) in [5, 5.41) is 0. The molecule has 111 heavy (non-hydrogen) atoms. The molecule has 3 unspecified atom stereocenters. The Morgan fingerprint density at radius 2 is 0.514 bits per heavy atom. The van der Waals surface area contributed by atoms with E-state index in [-0.39, 0.29) is 57.5 Å². The Morgan fingerprint density at radius 1 is 0.297 bits per heavy atom. The van der Waals surface area contributed by atoms with Crippen molar-refractivity contribution in [3.63, 3.8) is 0 Å². The summed E-state index contributed by atoms with van der Waals surface area (Å²) in [7, 11) is 16.4. The van der Waals surface area contributed by atoms with Crippen LogP contribution >= 0.6 is 0 Å². The van der Waals surface area contributed by atoms with Crippen LogP contribution in [-0.2, 0) is 48.2 Å². The van der Waals surface area contributed by atoms with E-state index in [4.69, 9.17) is 56.8 Å². The number of benzene rings is 10. The third kappa shape index (κ3) is 26.0. The van der Waals surface area contributed by atoms with Crippen molar-refractivity contribution < 1.29 is 71.2 Å². The number of esters is 3. The van der Waals surface area contributed by atoms with Crippen LogP contribution in [0.1, 0.15) is 116 Å². The summed E-state index contributed by atoms with van der Waals surface area (Å²) in [5.41, 5.74) is 11.7. The van der Waals surface area contributed by atoms with Gasteiger partial charge in [0.1, 0.15) is 112 Å². The number of nitrogens with zero attached hydrogens (tertiary/aromatic N) is 3. The van der Waals surface area contributed by atoms with Gasteiger partial charge >= 0.3 is 17.9 Å². The van der Waals surface area contributed by atoms with E-state index >= 15 is 0 Å². The van der Waals surface area contributed by atoms with Gasteiger partial charge in [0, 0.05) is 36.3 Å². The van der Waals surface area contributed by atoms with Gasteiger partial charge in [-0.2, -0.15) is 0 Å². The normalized spacial score (nSPS) is 11.7. The zero-order valence-corrected chi connectivity index (χ0v) is 64.2. The zero-order chi connectivity index (χ0) is 78.1. The van der Waals surface area contributed by atoms with Gasteiger partial charge in [-0.3, -0.25) is 0 Å². The molecule has 3 atom stereocenters. The van der Waals surface area contributed by atoms with Crippen LogP contribution in [0.3, 0.4) is 0 Å². The predicted octanol–water partition coefficient (Wildman–Crippen LogP) is 15.1. The van der Waals surface area contributed by atoms with Crippen LogP contribution in [0, 0.1) is 35.5 Å². The molecule has 18 nitrogen and oxygen atoms in total. The molecule has 10 aromatic carbocycles. The summed E-state index contributed by atoms with van der Waals surface area (Å²) in [4.78, 5) is 43.6. The van der Waals surface area contributed by atoms with Crippen molar-refractivity contribution in [2.24, 2.45) is 0 Å². The maximum atomic E-state index is 12.6. The number of carbonyl (C=O) groups is 3.